The van der Waals surface area contributed by atoms with Gasteiger partial charge in [0.1, 0.15) is 0 Å². The van der Waals surface area contributed by atoms with E-state index in [0.29, 0.717) is 5.11 Å². The number of amides is 1. The van der Waals surface area contributed by atoms with Crippen LogP contribution in [0.15, 0.2) is 48.1 Å². The molecule has 3 heterocycles. The normalized spacial score (nSPS) is 18.2. The number of hydrogen-bond acceptors (Lipinski definition) is 5. The number of rotatable bonds is 4. The Labute approximate surface area is 156 Å². The van der Waals surface area contributed by atoms with Gasteiger partial charge in [0.05, 0.1) is 6.04 Å². The van der Waals surface area contributed by atoms with Crippen LogP contribution >= 0.6 is 23.6 Å². The van der Waals surface area contributed by atoms with Crippen LogP contribution in [0.1, 0.15) is 35.7 Å². The first-order chi connectivity index (χ1) is 12.2. The molecule has 1 aliphatic rings. The average Bonchev–Trinajstić information content (AvgIpc) is 3.15. The fourth-order valence-corrected chi connectivity index (χ4v) is 3.68. The predicted molar refractivity (Wildman–Crippen MR) is 105 cm³/mol. The maximum absolute atomic E-state index is 12.0. The number of nitrogens with one attached hydrogen (secondary N) is 2. The lowest BCUT2D eigenvalue weighted by molar-refractivity contribution is -0.115. The molecule has 0 radical (unpaired) electrons. The highest BCUT2D eigenvalue weighted by atomic mass is 32.1. The Bertz CT molecular complexity index is 731. The van der Waals surface area contributed by atoms with Crippen LogP contribution in [0.5, 0.6) is 0 Å². The zero-order valence-electron chi connectivity index (χ0n) is 13.7. The zero-order valence-corrected chi connectivity index (χ0v) is 15.4. The van der Waals surface area contributed by atoms with Gasteiger partial charge in [-0.15, -0.1) is 11.3 Å². The second kappa shape index (κ2) is 8.84. The van der Waals surface area contributed by atoms with Gasteiger partial charge < -0.3 is 0 Å². The standard InChI is InChI=1S/C18H20N4OS2/c23-17(9-8-15-6-4-12-25-15)20-18(24)21-22-11-2-1-7-16(22)14-5-3-10-19-13-14/h3-6,8-10,12-13,16H,1-2,7,11H2,(H2,20,21,23,24)/b9-8+/t16-/m0/s1. The summed E-state index contributed by atoms with van der Waals surface area (Å²) in [4.78, 5) is 17.2. The molecule has 0 saturated carbocycles. The fraction of sp³-hybridized carbons (Fsp3) is 0.278. The van der Waals surface area contributed by atoms with E-state index in [0.717, 1.165) is 29.8 Å². The maximum Gasteiger partial charge on any atom is 0.250 e. The van der Waals surface area contributed by atoms with Gasteiger partial charge in [-0.05, 0) is 54.2 Å². The Kier molecular flexibility index (Phi) is 6.27. The lowest BCUT2D eigenvalue weighted by Gasteiger charge is -2.36. The molecular formula is C18H20N4OS2. The van der Waals surface area contributed by atoms with Gasteiger partial charge in [-0.25, -0.2) is 5.01 Å². The minimum absolute atomic E-state index is 0.207. The monoisotopic (exact) mass is 372 g/mol. The lowest BCUT2D eigenvalue weighted by Crippen LogP contribution is -2.51. The molecule has 25 heavy (non-hydrogen) atoms. The van der Waals surface area contributed by atoms with Gasteiger partial charge in [0.25, 0.3) is 0 Å². The fourth-order valence-electron chi connectivity index (χ4n) is 2.84. The molecule has 5 nitrogen and oxygen atoms in total. The topological polar surface area (TPSA) is 57.3 Å². The smallest absolute Gasteiger partial charge is 0.250 e. The summed E-state index contributed by atoms with van der Waals surface area (Å²) in [5.74, 6) is -0.235. The van der Waals surface area contributed by atoms with Crippen molar-refractivity contribution in [2.24, 2.45) is 0 Å². The number of aromatic nitrogens is 1. The van der Waals surface area contributed by atoms with Gasteiger partial charge in [-0.1, -0.05) is 18.6 Å². The Morgan fingerprint density at radius 1 is 1.36 bits per heavy atom. The third kappa shape index (κ3) is 5.19. The molecule has 2 N–H and O–H groups in total. The first-order valence-corrected chi connectivity index (χ1v) is 9.51. The van der Waals surface area contributed by atoms with E-state index in [1.165, 1.54) is 12.5 Å². The Morgan fingerprint density at radius 3 is 3.04 bits per heavy atom. The van der Waals surface area contributed by atoms with Gasteiger partial charge in [0, 0.05) is 29.9 Å². The highest BCUT2D eigenvalue weighted by molar-refractivity contribution is 7.80. The molecule has 0 spiro atoms. The van der Waals surface area contributed by atoms with Crippen molar-refractivity contribution >= 4 is 40.7 Å². The SMILES string of the molecule is O=C(/C=C/c1cccs1)NC(=S)NN1CCCC[C@H]1c1cccnc1. The summed E-state index contributed by atoms with van der Waals surface area (Å²) in [6.45, 7) is 0.876. The molecule has 0 unspecified atom stereocenters. The van der Waals surface area contributed by atoms with E-state index in [1.807, 2.05) is 29.8 Å². The number of carbonyl (C=O) groups is 1. The molecule has 1 saturated heterocycles. The molecule has 7 heteroatoms. The first kappa shape index (κ1) is 17.7. The number of pyridine rings is 1. The number of thiophene rings is 1. The molecule has 1 fully saturated rings. The Hall–Kier alpha value is -2.09. The number of thiocarbonyl (C=S) groups is 1. The van der Waals surface area contributed by atoms with E-state index in [2.05, 4.69) is 26.8 Å². The molecule has 1 aliphatic heterocycles. The number of hydrogen-bond donors (Lipinski definition) is 2. The van der Waals surface area contributed by atoms with Crippen molar-refractivity contribution in [3.05, 3.63) is 58.6 Å². The molecule has 0 bridgehead atoms. The zero-order chi connectivity index (χ0) is 17.5. The quantitative estimate of drug-likeness (QED) is 0.637. The summed E-state index contributed by atoms with van der Waals surface area (Å²) >= 11 is 6.88. The molecular weight excluding hydrogens is 352 g/mol. The molecule has 130 valence electrons. The first-order valence-electron chi connectivity index (χ1n) is 8.22. The van der Waals surface area contributed by atoms with Gasteiger partial charge in [-0.3, -0.25) is 20.5 Å². The van der Waals surface area contributed by atoms with Crippen LogP contribution in [0.4, 0.5) is 0 Å². The van der Waals surface area contributed by atoms with Crippen molar-refractivity contribution in [3.63, 3.8) is 0 Å². The summed E-state index contributed by atoms with van der Waals surface area (Å²) in [5.41, 5.74) is 4.32. The highest BCUT2D eigenvalue weighted by Crippen LogP contribution is 2.28. The van der Waals surface area contributed by atoms with Crippen LogP contribution in [-0.2, 0) is 4.79 Å². The number of piperidine rings is 1. The second-order valence-corrected chi connectivity index (χ2v) is 7.16. The van der Waals surface area contributed by atoms with Crippen LogP contribution in [-0.4, -0.2) is 27.6 Å². The van der Waals surface area contributed by atoms with Crippen molar-refractivity contribution in [3.8, 4) is 0 Å². The van der Waals surface area contributed by atoms with Crippen molar-refractivity contribution in [2.45, 2.75) is 25.3 Å². The van der Waals surface area contributed by atoms with E-state index in [4.69, 9.17) is 12.2 Å². The molecule has 0 aliphatic carbocycles. The molecule has 1 atom stereocenters. The van der Waals surface area contributed by atoms with Crippen LogP contribution < -0.4 is 10.7 Å². The molecule has 2 aromatic rings. The van der Waals surface area contributed by atoms with Gasteiger partial charge in [0.2, 0.25) is 5.91 Å². The summed E-state index contributed by atoms with van der Waals surface area (Å²) in [7, 11) is 0. The van der Waals surface area contributed by atoms with E-state index in [1.54, 1.807) is 23.6 Å². The van der Waals surface area contributed by atoms with E-state index >= 15 is 0 Å². The predicted octanol–water partition coefficient (Wildman–Crippen LogP) is 3.29. The summed E-state index contributed by atoms with van der Waals surface area (Å²) in [6.07, 6.45) is 10.2. The molecule has 3 rings (SSSR count). The van der Waals surface area contributed by atoms with Gasteiger partial charge in [-0.2, -0.15) is 0 Å². The molecule has 1 amide bonds. The third-order valence-corrected chi connectivity index (χ3v) is 5.03. The minimum Gasteiger partial charge on any atom is -0.298 e. The largest absolute Gasteiger partial charge is 0.298 e. The Balaban J connectivity index is 1.56. The lowest BCUT2D eigenvalue weighted by atomic mass is 9.98. The van der Waals surface area contributed by atoms with Crippen LogP contribution in [0.2, 0.25) is 0 Å². The van der Waals surface area contributed by atoms with Gasteiger partial charge in [0.15, 0.2) is 5.11 Å². The van der Waals surface area contributed by atoms with Crippen molar-refractivity contribution in [1.82, 2.24) is 20.7 Å². The summed E-state index contributed by atoms with van der Waals surface area (Å²) in [5, 5.41) is 7.08. The van der Waals surface area contributed by atoms with E-state index in [-0.39, 0.29) is 11.9 Å². The van der Waals surface area contributed by atoms with Crippen molar-refractivity contribution < 1.29 is 4.79 Å². The van der Waals surface area contributed by atoms with Crippen LogP contribution in [0.25, 0.3) is 6.08 Å². The second-order valence-electron chi connectivity index (χ2n) is 5.77. The molecule has 0 aromatic carbocycles. The Morgan fingerprint density at radius 2 is 2.28 bits per heavy atom. The summed E-state index contributed by atoms with van der Waals surface area (Å²) in [6, 6.07) is 8.13. The highest BCUT2D eigenvalue weighted by Gasteiger charge is 2.24. The van der Waals surface area contributed by atoms with Crippen molar-refractivity contribution in [1.29, 1.82) is 0 Å². The van der Waals surface area contributed by atoms with E-state index in [9.17, 15) is 4.79 Å². The summed E-state index contributed by atoms with van der Waals surface area (Å²) < 4.78 is 0. The molecule has 2 aromatic heterocycles. The van der Waals surface area contributed by atoms with E-state index < -0.39 is 0 Å². The van der Waals surface area contributed by atoms with Gasteiger partial charge >= 0.3 is 0 Å². The minimum atomic E-state index is -0.235. The maximum atomic E-state index is 12.0. The van der Waals surface area contributed by atoms with Crippen molar-refractivity contribution in [2.75, 3.05) is 6.54 Å². The number of carbonyl (C=O) groups excluding carboxylic acids is 1. The van der Waals surface area contributed by atoms with Crippen LogP contribution in [0.3, 0.4) is 0 Å². The third-order valence-electron chi connectivity index (χ3n) is 4.00. The number of hydrazine groups is 1. The average molecular weight is 373 g/mol. The number of nitrogens with zero attached hydrogens (tertiary/aromatic N) is 2. The van der Waals surface area contributed by atoms with Crippen LogP contribution in [0, 0.1) is 0 Å².